The molecule has 4 heteroatoms. The molecule has 0 unspecified atom stereocenters. The number of rotatable bonds is 5. The summed E-state index contributed by atoms with van der Waals surface area (Å²) in [7, 11) is 0. The van der Waals surface area contributed by atoms with Crippen LogP contribution in [-0.4, -0.2) is 20.4 Å². The minimum Gasteiger partial charge on any atom is -0.322 e. The van der Waals surface area contributed by atoms with E-state index >= 15 is 0 Å². The van der Waals surface area contributed by atoms with E-state index in [0.29, 0.717) is 5.88 Å². The molecule has 18 heavy (non-hydrogen) atoms. The first-order chi connectivity index (χ1) is 8.60. The van der Waals surface area contributed by atoms with Crippen molar-refractivity contribution in [3.8, 4) is 0 Å². The first-order valence-corrected chi connectivity index (χ1v) is 7.01. The Morgan fingerprint density at radius 3 is 2.83 bits per heavy atom. The lowest BCUT2D eigenvalue weighted by molar-refractivity contribution is 0.324. The quantitative estimate of drug-likeness (QED) is 0.771. The summed E-state index contributed by atoms with van der Waals surface area (Å²) >= 11 is 5.89. The second-order valence-electron chi connectivity index (χ2n) is 5.23. The smallest absolute Gasteiger partial charge is 0.111 e. The summed E-state index contributed by atoms with van der Waals surface area (Å²) in [4.78, 5) is 8.81. The fourth-order valence-corrected chi connectivity index (χ4v) is 2.80. The van der Waals surface area contributed by atoms with Gasteiger partial charge in [0.05, 0.1) is 11.7 Å². The van der Waals surface area contributed by atoms with E-state index in [2.05, 4.69) is 35.3 Å². The van der Waals surface area contributed by atoms with Crippen molar-refractivity contribution in [2.75, 3.05) is 5.88 Å². The number of nitrogens with zero attached hydrogens (tertiary/aromatic N) is 3. The number of halogens is 1. The topological polar surface area (TPSA) is 30.7 Å². The van der Waals surface area contributed by atoms with Crippen LogP contribution in [-0.2, 0) is 12.0 Å². The molecule has 0 saturated heterocycles. The van der Waals surface area contributed by atoms with Gasteiger partial charge in [0.1, 0.15) is 11.3 Å². The second-order valence-corrected chi connectivity index (χ2v) is 5.61. The van der Waals surface area contributed by atoms with E-state index in [1.165, 1.54) is 0 Å². The molecule has 2 aromatic heterocycles. The molecule has 98 valence electrons. The normalized spacial score (nSPS) is 12.2. The third-order valence-corrected chi connectivity index (χ3v) is 3.50. The van der Waals surface area contributed by atoms with Crippen molar-refractivity contribution < 1.29 is 0 Å². The molecule has 0 saturated carbocycles. The summed E-state index contributed by atoms with van der Waals surface area (Å²) < 4.78 is 2.33. The zero-order valence-corrected chi connectivity index (χ0v) is 12.0. The first kappa shape index (κ1) is 13.3. The number of aromatic nitrogens is 3. The fourth-order valence-electron chi connectivity index (χ4n) is 2.63. The van der Waals surface area contributed by atoms with Crippen LogP contribution >= 0.6 is 11.6 Å². The molecule has 0 N–H and O–H groups in total. The van der Waals surface area contributed by atoms with Gasteiger partial charge in [0.15, 0.2) is 0 Å². The van der Waals surface area contributed by atoms with Crippen LogP contribution in [0.4, 0.5) is 0 Å². The molecule has 0 aliphatic rings. The molecule has 0 bridgehead atoms. The lowest BCUT2D eigenvalue weighted by Gasteiger charge is -2.29. The van der Waals surface area contributed by atoms with Gasteiger partial charge in [-0.05, 0) is 26.3 Å². The Kier molecular flexibility index (Phi) is 3.91. The summed E-state index contributed by atoms with van der Waals surface area (Å²) in [5.74, 6) is 1.66. The van der Waals surface area contributed by atoms with Crippen molar-refractivity contribution in [2.24, 2.45) is 0 Å². The van der Waals surface area contributed by atoms with Gasteiger partial charge < -0.3 is 4.57 Å². The Balaban J connectivity index is 2.61. The van der Waals surface area contributed by atoms with Gasteiger partial charge in [-0.3, -0.25) is 4.98 Å². The van der Waals surface area contributed by atoms with Crippen LogP contribution in [0.25, 0.3) is 11.0 Å². The van der Waals surface area contributed by atoms with E-state index in [-0.39, 0.29) is 5.54 Å². The molecule has 0 aliphatic heterocycles. The monoisotopic (exact) mass is 265 g/mol. The highest BCUT2D eigenvalue weighted by atomic mass is 35.5. The highest BCUT2D eigenvalue weighted by Gasteiger charge is 2.24. The van der Waals surface area contributed by atoms with Crippen molar-refractivity contribution in [3.63, 3.8) is 0 Å². The van der Waals surface area contributed by atoms with Gasteiger partial charge in [0, 0.05) is 24.0 Å². The van der Waals surface area contributed by atoms with Crippen LogP contribution in [0.15, 0.2) is 18.5 Å². The van der Waals surface area contributed by atoms with Gasteiger partial charge in [-0.2, -0.15) is 0 Å². The van der Waals surface area contributed by atoms with Crippen molar-refractivity contribution in [2.45, 2.75) is 45.6 Å². The fraction of sp³-hybridized carbons (Fsp3) is 0.571. The van der Waals surface area contributed by atoms with E-state index in [1.54, 1.807) is 0 Å². The zero-order valence-electron chi connectivity index (χ0n) is 11.3. The average molecular weight is 266 g/mol. The Morgan fingerprint density at radius 1 is 1.39 bits per heavy atom. The van der Waals surface area contributed by atoms with E-state index in [1.807, 2.05) is 18.5 Å². The van der Waals surface area contributed by atoms with Crippen molar-refractivity contribution in [3.05, 3.63) is 24.3 Å². The summed E-state index contributed by atoms with van der Waals surface area (Å²) in [6, 6.07) is 2.04. The number of aryl methyl sites for hydroxylation is 1. The lowest BCUT2D eigenvalue weighted by Crippen LogP contribution is -2.28. The third kappa shape index (κ3) is 2.37. The van der Waals surface area contributed by atoms with E-state index < -0.39 is 0 Å². The molecule has 2 heterocycles. The molecule has 0 atom stereocenters. The van der Waals surface area contributed by atoms with Crippen LogP contribution in [0.3, 0.4) is 0 Å². The van der Waals surface area contributed by atoms with E-state index in [4.69, 9.17) is 11.6 Å². The maximum Gasteiger partial charge on any atom is 0.111 e. The standard InChI is InChI=1S/C14H20ClN3/c1-4-7-14(2,3)18-12-6-9-16-10-11(12)17-13(18)5-8-15/h6,9-10H,4-5,7-8H2,1-3H3. The van der Waals surface area contributed by atoms with Gasteiger partial charge in [-0.25, -0.2) is 4.98 Å². The molecule has 0 aliphatic carbocycles. The van der Waals surface area contributed by atoms with Gasteiger partial charge >= 0.3 is 0 Å². The molecule has 3 nitrogen and oxygen atoms in total. The number of alkyl halides is 1. The Morgan fingerprint density at radius 2 is 2.17 bits per heavy atom. The minimum atomic E-state index is 0.0618. The summed E-state index contributed by atoms with van der Waals surface area (Å²) in [5, 5.41) is 0. The van der Waals surface area contributed by atoms with Crippen LogP contribution in [0, 0.1) is 0 Å². The Labute approximate surface area is 113 Å². The van der Waals surface area contributed by atoms with Crippen LogP contribution in [0.5, 0.6) is 0 Å². The molecular weight excluding hydrogens is 246 g/mol. The number of hydrogen-bond acceptors (Lipinski definition) is 2. The largest absolute Gasteiger partial charge is 0.322 e. The van der Waals surface area contributed by atoms with Crippen molar-refractivity contribution >= 4 is 22.6 Å². The highest BCUT2D eigenvalue weighted by molar-refractivity contribution is 6.17. The summed E-state index contributed by atoms with van der Waals surface area (Å²) in [5.41, 5.74) is 2.18. The van der Waals surface area contributed by atoms with Gasteiger partial charge in [-0.15, -0.1) is 11.6 Å². The molecule has 0 radical (unpaired) electrons. The van der Waals surface area contributed by atoms with Gasteiger partial charge in [0.2, 0.25) is 0 Å². The molecule has 2 aromatic rings. The average Bonchev–Trinajstić information content (AvgIpc) is 2.67. The molecular formula is C14H20ClN3. The maximum absolute atomic E-state index is 5.89. The van der Waals surface area contributed by atoms with Gasteiger partial charge in [-0.1, -0.05) is 13.3 Å². The summed E-state index contributed by atoms with van der Waals surface area (Å²) in [6.07, 6.45) is 6.72. The molecule has 2 rings (SSSR count). The number of imidazole rings is 1. The predicted octanol–water partition coefficient (Wildman–Crippen LogP) is 3.75. The lowest BCUT2D eigenvalue weighted by atomic mass is 9.98. The second kappa shape index (κ2) is 5.27. The zero-order chi connectivity index (χ0) is 13.2. The summed E-state index contributed by atoms with van der Waals surface area (Å²) in [6.45, 7) is 6.73. The van der Waals surface area contributed by atoms with Crippen LogP contribution < -0.4 is 0 Å². The predicted molar refractivity (Wildman–Crippen MR) is 76.2 cm³/mol. The Hall–Kier alpha value is -1.09. The number of hydrogen-bond donors (Lipinski definition) is 0. The number of pyridine rings is 1. The number of fused-ring (bicyclic) bond motifs is 1. The molecule has 0 spiro atoms. The van der Waals surface area contributed by atoms with E-state index in [9.17, 15) is 0 Å². The van der Waals surface area contributed by atoms with Crippen molar-refractivity contribution in [1.82, 2.24) is 14.5 Å². The Bertz CT molecular complexity index is 531. The van der Waals surface area contributed by atoms with Gasteiger partial charge in [0.25, 0.3) is 0 Å². The molecule has 0 aromatic carbocycles. The van der Waals surface area contributed by atoms with Crippen molar-refractivity contribution in [1.29, 1.82) is 0 Å². The van der Waals surface area contributed by atoms with E-state index in [0.717, 1.165) is 36.1 Å². The molecule has 0 amide bonds. The third-order valence-electron chi connectivity index (χ3n) is 3.31. The maximum atomic E-state index is 5.89. The van der Waals surface area contributed by atoms with Crippen LogP contribution in [0.1, 0.15) is 39.4 Å². The van der Waals surface area contributed by atoms with Crippen LogP contribution in [0.2, 0.25) is 0 Å². The highest BCUT2D eigenvalue weighted by Crippen LogP contribution is 2.29. The first-order valence-electron chi connectivity index (χ1n) is 6.48. The SMILES string of the molecule is CCCC(C)(C)n1c(CCCl)nc2cnccc21. The molecule has 0 fully saturated rings. The minimum absolute atomic E-state index is 0.0618.